The number of benzene rings is 1. The summed E-state index contributed by atoms with van der Waals surface area (Å²) in [5.74, 6) is -0.223. The number of anilines is 1. The first-order valence-electron chi connectivity index (χ1n) is 12.9. The number of nitrogens with one attached hydrogen (secondary N) is 1. The Morgan fingerprint density at radius 3 is 2.71 bits per heavy atom. The van der Waals surface area contributed by atoms with Gasteiger partial charge < -0.3 is 14.8 Å². The molecule has 0 unspecified atom stereocenters. The summed E-state index contributed by atoms with van der Waals surface area (Å²) in [5, 5.41) is 2.76. The van der Waals surface area contributed by atoms with Gasteiger partial charge >= 0.3 is 0 Å². The van der Waals surface area contributed by atoms with E-state index in [1.54, 1.807) is 12.3 Å². The molecule has 3 aliphatic heterocycles. The zero-order chi connectivity index (χ0) is 26.3. The van der Waals surface area contributed by atoms with Crippen LogP contribution >= 0.6 is 0 Å². The molecule has 194 valence electrons. The number of hydrogen-bond donors (Lipinski definition) is 1. The van der Waals surface area contributed by atoms with Gasteiger partial charge in [-0.15, -0.1) is 0 Å². The topological polar surface area (TPSA) is 76.6 Å². The Kier molecular flexibility index (Phi) is 6.29. The lowest BCUT2D eigenvalue weighted by Crippen LogP contribution is -2.37. The number of amides is 1. The molecule has 1 amide bonds. The van der Waals surface area contributed by atoms with Crippen molar-refractivity contribution in [2.75, 3.05) is 38.2 Å². The van der Waals surface area contributed by atoms with E-state index in [9.17, 15) is 9.18 Å². The summed E-state index contributed by atoms with van der Waals surface area (Å²) in [4.78, 5) is 24.6. The molecule has 2 aromatic heterocycles. The number of carbonyl (C=O) groups excluding carboxylic acids is 1. The number of carbonyl (C=O) groups is 1. The monoisotopic (exact) mass is 512 g/mol. The van der Waals surface area contributed by atoms with Crippen LogP contribution in [0.1, 0.15) is 30.7 Å². The Balaban J connectivity index is 1.42. The smallest absolute Gasteiger partial charge is 0.260 e. The molecule has 38 heavy (non-hydrogen) atoms. The van der Waals surface area contributed by atoms with Gasteiger partial charge in [-0.2, -0.15) is 0 Å². The number of allylic oxidation sites excluding steroid dienone is 1. The molecule has 8 heteroatoms. The minimum Gasteiger partial charge on any atom is -0.482 e. The maximum Gasteiger partial charge on any atom is 0.260 e. The summed E-state index contributed by atoms with van der Waals surface area (Å²) in [6.07, 6.45) is 6.26. The number of pyridine rings is 2. The van der Waals surface area contributed by atoms with Crippen molar-refractivity contribution in [1.82, 2.24) is 14.9 Å². The van der Waals surface area contributed by atoms with Crippen molar-refractivity contribution in [1.29, 1.82) is 0 Å². The van der Waals surface area contributed by atoms with Crippen molar-refractivity contribution in [3.8, 4) is 11.3 Å². The van der Waals surface area contributed by atoms with Gasteiger partial charge in [-0.1, -0.05) is 6.07 Å². The number of hydrogen-bond acceptors (Lipinski definition) is 6. The van der Waals surface area contributed by atoms with Crippen LogP contribution < -0.4 is 5.32 Å². The minimum absolute atomic E-state index is 0.300. The van der Waals surface area contributed by atoms with E-state index in [1.807, 2.05) is 44.3 Å². The third-order valence-electron chi connectivity index (χ3n) is 7.25. The summed E-state index contributed by atoms with van der Waals surface area (Å²) in [5.41, 5.74) is 5.53. The second-order valence-corrected chi connectivity index (χ2v) is 10.2. The van der Waals surface area contributed by atoms with E-state index >= 15 is 0 Å². The van der Waals surface area contributed by atoms with Gasteiger partial charge in [0.1, 0.15) is 17.2 Å². The van der Waals surface area contributed by atoms with Gasteiger partial charge in [0.2, 0.25) is 0 Å². The molecule has 1 saturated heterocycles. The Hall–Kier alpha value is -3.88. The van der Waals surface area contributed by atoms with Crippen molar-refractivity contribution in [2.24, 2.45) is 0 Å². The fourth-order valence-electron chi connectivity index (χ4n) is 5.28. The van der Waals surface area contributed by atoms with Crippen LogP contribution in [0, 0.1) is 5.82 Å². The minimum atomic E-state index is -0.698. The van der Waals surface area contributed by atoms with Gasteiger partial charge in [-0.05, 0) is 56.3 Å². The standard InChI is InChI=1S/C30H29FN4O3/c1-30(2)23(17-27(38-30)28-22-6-5-20(31)16-26(22)34-29(28)36)21-7-8-24(19-4-3-10-32-18-19)33-25(21)9-11-35-12-14-37-15-13-35/h3-8,10,16-18H,9,11-15H2,1-2H3,(H,34,36)/b28-27+. The lowest BCUT2D eigenvalue weighted by Gasteiger charge is -2.28. The second-order valence-electron chi connectivity index (χ2n) is 10.2. The Morgan fingerprint density at radius 2 is 1.92 bits per heavy atom. The van der Waals surface area contributed by atoms with Crippen molar-refractivity contribution >= 4 is 22.7 Å². The zero-order valence-electron chi connectivity index (χ0n) is 21.5. The van der Waals surface area contributed by atoms with Crippen molar-refractivity contribution < 1.29 is 18.7 Å². The third kappa shape index (κ3) is 4.61. The van der Waals surface area contributed by atoms with Crippen LogP contribution in [0.4, 0.5) is 10.1 Å². The first-order valence-corrected chi connectivity index (χ1v) is 12.9. The average molecular weight is 513 g/mol. The number of nitrogens with zero attached hydrogens (tertiary/aromatic N) is 3. The van der Waals surface area contributed by atoms with E-state index in [2.05, 4.69) is 21.3 Å². The van der Waals surface area contributed by atoms with Gasteiger partial charge in [0.05, 0.1) is 30.2 Å². The molecule has 1 N–H and O–H groups in total. The van der Waals surface area contributed by atoms with Crippen molar-refractivity contribution in [3.63, 3.8) is 0 Å². The van der Waals surface area contributed by atoms with Crippen LogP contribution in [0.15, 0.2) is 66.7 Å². The van der Waals surface area contributed by atoms with Crippen LogP contribution in [0.2, 0.25) is 0 Å². The zero-order valence-corrected chi connectivity index (χ0v) is 21.5. The Morgan fingerprint density at radius 1 is 1.11 bits per heavy atom. The highest BCUT2D eigenvalue weighted by molar-refractivity contribution is 6.32. The molecule has 0 aliphatic carbocycles. The highest BCUT2D eigenvalue weighted by Gasteiger charge is 2.39. The predicted octanol–water partition coefficient (Wildman–Crippen LogP) is 4.71. The molecule has 5 heterocycles. The second kappa shape index (κ2) is 9.78. The molecule has 6 rings (SSSR count). The first kappa shape index (κ1) is 24.5. The molecule has 0 radical (unpaired) electrons. The van der Waals surface area contributed by atoms with Gasteiger partial charge in [0, 0.05) is 66.4 Å². The van der Waals surface area contributed by atoms with Crippen LogP contribution in [0.5, 0.6) is 0 Å². The highest BCUT2D eigenvalue weighted by Crippen LogP contribution is 2.45. The normalized spacial score (nSPS) is 20.6. The molecule has 0 atom stereocenters. The van der Waals surface area contributed by atoms with E-state index < -0.39 is 11.4 Å². The van der Waals surface area contributed by atoms with E-state index in [0.717, 1.165) is 67.4 Å². The largest absolute Gasteiger partial charge is 0.482 e. The molecule has 3 aromatic rings. The lowest BCUT2D eigenvalue weighted by molar-refractivity contribution is -0.111. The molecule has 0 saturated carbocycles. The molecule has 3 aliphatic rings. The number of morpholine rings is 1. The number of ether oxygens (including phenoxy) is 2. The van der Waals surface area contributed by atoms with E-state index in [1.165, 1.54) is 12.1 Å². The number of aromatic nitrogens is 2. The third-order valence-corrected chi connectivity index (χ3v) is 7.25. The summed E-state index contributed by atoms with van der Waals surface area (Å²) >= 11 is 0. The van der Waals surface area contributed by atoms with Gasteiger partial charge in [0.15, 0.2) is 0 Å². The maximum atomic E-state index is 13.8. The molecular formula is C30H29FN4O3. The fourth-order valence-corrected chi connectivity index (χ4v) is 5.28. The summed E-state index contributed by atoms with van der Waals surface area (Å²) < 4.78 is 25.7. The van der Waals surface area contributed by atoms with Crippen molar-refractivity contribution in [3.05, 3.63) is 89.3 Å². The predicted molar refractivity (Wildman–Crippen MR) is 144 cm³/mol. The lowest BCUT2D eigenvalue weighted by atomic mass is 9.90. The van der Waals surface area contributed by atoms with Crippen LogP contribution in [0.25, 0.3) is 22.4 Å². The molecule has 0 spiro atoms. The fraction of sp³-hybridized carbons (Fsp3) is 0.300. The molecular weight excluding hydrogens is 483 g/mol. The molecule has 1 aromatic carbocycles. The Labute approximate surface area is 221 Å². The van der Waals surface area contributed by atoms with Crippen LogP contribution in [-0.4, -0.2) is 59.2 Å². The molecule has 7 nitrogen and oxygen atoms in total. The van der Waals surface area contributed by atoms with Crippen LogP contribution in [0.3, 0.4) is 0 Å². The SMILES string of the molecule is CC1(C)O/C(=C2/C(=O)Nc3cc(F)ccc32)C=C1c1ccc(-c2cccnc2)nc1CCN1CCOCC1. The first-order chi connectivity index (χ1) is 18.4. The van der Waals surface area contributed by atoms with Crippen molar-refractivity contribution in [2.45, 2.75) is 25.9 Å². The van der Waals surface area contributed by atoms with Gasteiger partial charge in [-0.3, -0.25) is 19.7 Å². The average Bonchev–Trinajstić information content (AvgIpc) is 3.42. The van der Waals surface area contributed by atoms with E-state index in [0.29, 0.717) is 22.6 Å². The maximum absolute atomic E-state index is 13.8. The highest BCUT2D eigenvalue weighted by atomic mass is 19.1. The number of halogens is 1. The molecule has 1 fully saturated rings. The number of rotatable bonds is 5. The van der Waals surface area contributed by atoms with Crippen LogP contribution in [-0.2, 0) is 20.7 Å². The van der Waals surface area contributed by atoms with E-state index in [-0.39, 0.29) is 5.91 Å². The summed E-state index contributed by atoms with van der Waals surface area (Å²) in [7, 11) is 0. The summed E-state index contributed by atoms with van der Waals surface area (Å²) in [6, 6.07) is 12.3. The van der Waals surface area contributed by atoms with E-state index in [4.69, 9.17) is 14.5 Å². The number of fused-ring (bicyclic) bond motifs is 1. The quantitative estimate of drug-likeness (QED) is 0.499. The van der Waals surface area contributed by atoms with Gasteiger partial charge in [0.25, 0.3) is 5.91 Å². The molecule has 0 bridgehead atoms. The van der Waals surface area contributed by atoms with Gasteiger partial charge in [-0.25, -0.2) is 4.39 Å². The summed E-state index contributed by atoms with van der Waals surface area (Å²) in [6.45, 7) is 8.14. The Bertz CT molecular complexity index is 1460.